The second-order valence-electron chi connectivity index (χ2n) is 5.46. The number of fused-ring (bicyclic) bond motifs is 1. The van der Waals surface area contributed by atoms with E-state index in [0.29, 0.717) is 17.2 Å². The molecule has 7 heteroatoms. The molecule has 3 amide bonds. The number of carbonyl (C=O) groups is 2. The maximum Gasteiger partial charge on any atom is 0.321 e. The van der Waals surface area contributed by atoms with E-state index in [-0.39, 0.29) is 11.9 Å². The average Bonchev–Trinajstić information content (AvgIpc) is 2.98. The number of hydrogen-bond donors (Lipinski definition) is 3. The van der Waals surface area contributed by atoms with Crippen molar-refractivity contribution in [2.45, 2.75) is 13.8 Å². The predicted octanol–water partition coefficient (Wildman–Crippen LogP) is 4.00. The molecule has 3 rings (SSSR count). The third-order valence-electron chi connectivity index (χ3n) is 3.60. The first kappa shape index (κ1) is 16.9. The lowest BCUT2D eigenvalue weighted by Gasteiger charge is -2.07. The van der Waals surface area contributed by atoms with Gasteiger partial charge < -0.3 is 10.6 Å². The van der Waals surface area contributed by atoms with Gasteiger partial charge in [-0.2, -0.15) is 0 Å². The Hall–Kier alpha value is -2.93. The normalized spacial score (nSPS) is 10.5. The van der Waals surface area contributed by atoms with Gasteiger partial charge in [0.2, 0.25) is 0 Å². The fraction of sp³-hybridized carbons (Fsp3) is 0.167. The largest absolute Gasteiger partial charge is 0.338 e. The molecule has 2 aromatic carbocycles. The van der Waals surface area contributed by atoms with Crippen molar-refractivity contribution < 1.29 is 9.59 Å². The molecule has 3 N–H and O–H groups in total. The van der Waals surface area contributed by atoms with Gasteiger partial charge in [0, 0.05) is 17.8 Å². The number of carbonyl (C=O) groups excluding carboxylic acids is 2. The molecule has 0 fully saturated rings. The minimum Gasteiger partial charge on any atom is -0.338 e. The molecule has 0 atom stereocenters. The molecule has 0 aliphatic heterocycles. The molecule has 0 aliphatic carbocycles. The van der Waals surface area contributed by atoms with Crippen LogP contribution in [0.1, 0.15) is 22.8 Å². The summed E-state index contributed by atoms with van der Waals surface area (Å²) in [4.78, 5) is 28.4. The number of nitrogens with one attached hydrogen (secondary N) is 3. The fourth-order valence-corrected chi connectivity index (χ4v) is 3.23. The monoisotopic (exact) mass is 354 g/mol. The van der Waals surface area contributed by atoms with Crippen molar-refractivity contribution in [2.24, 2.45) is 0 Å². The zero-order valence-electron chi connectivity index (χ0n) is 13.9. The highest BCUT2D eigenvalue weighted by atomic mass is 32.1. The Morgan fingerprint density at radius 2 is 1.92 bits per heavy atom. The first-order valence-corrected chi connectivity index (χ1v) is 8.71. The van der Waals surface area contributed by atoms with E-state index in [2.05, 4.69) is 20.9 Å². The molecule has 3 aromatic rings. The minimum absolute atomic E-state index is 0.178. The van der Waals surface area contributed by atoms with Crippen LogP contribution in [0.5, 0.6) is 0 Å². The molecule has 6 nitrogen and oxygen atoms in total. The SMILES string of the molecule is CCNC(=O)Nc1nc2ccc(C(=O)Nc3ccccc3C)cc2s1. The predicted molar refractivity (Wildman–Crippen MR) is 101 cm³/mol. The number of hydrogen-bond acceptors (Lipinski definition) is 4. The molecular formula is C18H18N4O2S. The molecule has 0 unspecified atom stereocenters. The van der Waals surface area contributed by atoms with Gasteiger partial charge in [-0.15, -0.1) is 0 Å². The molecule has 0 saturated carbocycles. The van der Waals surface area contributed by atoms with Crippen molar-refractivity contribution in [3.8, 4) is 0 Å². The van der Waals surface area contributed by atoms with Gasteiger partial charge in [0.1, 0.15) is 0 Å². The summed E-state index contributed by atoms with van der Waals surface area (Å²) in [7, 11) is 0. The van der Waals surface area contributed by atoms with E-state index >= 15 is 0 Å². The zero-order chi connectivity index (χ0) is 17.8. The van der Waals surface area contributed by atoms with Crippen LogP contribution in [0.3, 0.4) is 0 Å². The minimum atomic E-state index is -0.293. The number of nitrogens with zero attached hydrogens (tertiary/aromatic N) is 1. The maximum atomic E-state index is 12.5. The number of anilines is 2. The summed E-state index contributed by atoms with van der Waals surface area (Å²) < 4.78 is 0.837. The van der Waals surface area contributed by atoms with E-state index in [9.17, 15) is 9.59 Å². The van der Waals surface area contributed by atoms with E-state index in [4.69, 9.17) is 0 Å². The summed E-state index contributed by atoms with van der Waals surface area (Å²) in [6, 6.07) is 12.6. The summed E-state index contributed by atoms with van der Waals surface area (Å²) in [5.74, 6) is -0.178. The van der Waals surface area contributed by atoms with E-state index in [0.717, 1.165) is 21.5 Å². The van der Waals surface area contributed by atoms with Crippen LogP contribution in [0, 0.1) is 6.92 Å². The standard InChI is InChI=1S/C18H18N4O2S/c1-3-19-17(24)22-18-21-14-9-8-12(10-15(14)25-18)16(23)20-13-7-5-4-6-11(13)2/h4-10H,3H2,1-2H3,(H,20,23)(H2,19,21,22,24). The zero-order valence-corrected chi connectivity index (χ0v) is 14.7. The van der Waals surface area contributed by atoms with Crippen LogP contribution in [0.25, 0.3) is 10.2 Å². The van der Waals surface area contributed by atoms with Gasteiger partial charge in [-0.25, -0.2) is 9.78 Å². The Kier molecular flexibility index (Phi) is 4.95. The van der Waals surface area contributed by atoms with Crippen LogP contribution in [-0.2, 0) is 0 Å². The lowest BCUT2D eigenvalue weighted by atomic mass is 10.1. The highest BCUT2D eigenvalue weighted by Crippen LogP contribution is 2.27. The molecule has 1 heterocycles. The van der Waals surface area contributed by atoms with Crippen molar-refractivity contribution in [1.29, 1.82) is 0 Å². The molecule has 0 saturated heterocycles. The van der Waals surface area contributed by atoms with E-state index in [1.165, 1.54) is 11.3 Å². The number of para-hydroxylation sites is 1. The summed E-state index contributed by atoms with van der Waals surface area (Å²) in [5.41, 5.74) is 3.08. The number of benzene rings is 2. The quantitative estimate of drug-likeness (QED) is 0.662. The summed E-state index contributed by atoms with van der Waals surface area (Å²) in [6.45, 7) is 4.33. The molecule has 25 heavy (non-hydrogen) atoms. The lowest BCUT2D eigenvalue weighted by Crippen LogP contribution is -2.28. The molecule has 0 aliphatic rings. The third-order valence-corrected chi connectivity index (χ3v) is 4.54. The first-order chi connectivity index (χ1) is 12.1. The summed E-state index contributed by atoms with van der Waals surface area (Å²) in [5, 5.41) is 8.75. The smallest absolute Gasteiger partial charge is 0.321 e. The number of aryl methyl sites for hydroxylation is 1. The topological polar surface area (TPSA) is 83.1 Å². The van der Waals surface area contributed by atoms with E-state index < -0.39 is 0 Å². The van der Waals surface area contributed by atoms with Crippen LogP contribution in [0.4, 0.5) is 15.6 Å². The number of amides is 3. The van der Waals surface area contributed by atoms with Crippen LogP contribution in [0.2, 0.25) is 0 Å². The number of urea groups is 1. The molecule has 0 bridgehead atoms. The van der Waals surface area contributed by atoms with Gasteiger partial charge >= 0.3 is 6.03 Å². The lowest BCUT2D eigenvalue weighted by molar-refractivity contribution is 0.102. The Balaban J connectivity index is 1.79. The maximum absolute atomic E-state index is 12.5. The van der Waals surface area contributed by atoms with Crippen molar-refractivity contribution in [1.82, 2.24) is 10.3 Å². The summed E-state index contributed by atoms with van der Waals surface area (Å²) >= 11 is 1.33. The van der Waals surface area contributed by atoms with E-state index in [1.54, 1.807) is 18.2 Å². The number of thiazole rings is 1. The molecule has 0 radical (unpaired) electrons. The second kappa shape index (κ2) is 7.31. The van der Waals surface area contributed by atoms with Gasteiger partial charge in [-0.1, -0.05) is 29.5 Å². The number of rotatable bonds is 4. The van der Waals surface area contributed by atoms with Crippen molar-refractivity contribution in [2.75, 3.05) is 17.2 Å². The molecule has 1 aromatic heterocycles. The van der Waals surface area contributed by atoms with Crippen molar-refractivity contribution >= 4 is 44.3 Å². The van der Waals surface area contributed by atoms with Crippen molar-refractivity contribution in [3.63, 3.8) is 0 Å². The van der Waals surface area contributed by atoms with Gasteiger partial charge in [0.05, 0.1) is 10.2 Å². The molecular weight excluding hydrogens is 336 g/mol. The van der Waals surface area contributed by atoms with Crippen LogP contribution >= 0.6 is 11.3 Å². The highest BCUT2D eigenvalue weighted by Gasteiger charge is 2.12. The fourth-order valence-electron chi connectivity index (χ4n) is 2.33. The highest BCUT2D eigenvalue weighted by molar-refractivity contribution is 7.22. The van der Waals surface area contributed by atoms with Gasteiger partial charge in [-0.3, -0.25) is 10.1 Å². The average molecular weight is 354 g/mol. The van der Waals surface area contributed by atoms with Crippen molar-refractivity contribution in [3.05, 3.63) is 53.6 Å². The summed E-state index contributed by atoms with van der Waals surface area (Å²) in [6.07, 6.45) is 0. The van der Waals surface area contributed by atoms with Gasteiger partial charge in [0.25, 0.3) is 5.91 Å². The second-order valence-corrected chi connectivity index (χ2v) is 6.49. The van der Waals surface area contributed by atoms with Crippen LogP contribution in [-0.4, -0.2) is 23.5 Å². The Labute approximate surface area is 149 Å². The molecule has 0 spiro atoms. The van der Waals surface area contributed by atoms with E-state index in [1.807, 2.05) is 38.1 Å². The number of aromatic nitrogens is 1. The Morgan fingerprint density at radius 3 is 2.68 bits per heavy atom. The van der Waals surface area contributed by atoms with Gasteiger partial charge in [0.15, 0.2) is 5.13 Å². The third kappa shape index (κ3) is 3.95. The van der Waals surface area contributed by atoms with Crippen LogP contribution < -0.4 is 16.0 Å². The first-order valence-electron chi connectivity index (χ1n) is 7.89. The van der Waals surface area contributed by atoms with Crippen LogP contribution in [0.15, 0.2) is 42.5 Å². The Bertz CT molecular complexity index is 936. The Morgan fingerprint density at radius 1 is 1.12 bits per heavy atom. The van der Waals surface area contributed by atoms with Gasteiger partial charge in [-0.05, 0) is 43.7 Å². The molecule has 128 valence electrons.